The highest BCUT2D eigenvalue weighted by atomic mass is 14.1. The van der Waals surface area contributed by atoms with E-state index < -0.39 is 0 Å². The molecule has 0 bridgehead atoms. The minimum Gasteiger partial charge on any atom is -0.0654 e. The molecule has 62 heavy (non-hydrogen) atoms. The first-order valence-corrected chi connectivity index (χ1v) is 29.9. The Labute approximate surface area is 394 Å². The van der Waals surface area contributed by atoms with Crippen molar-refractivity contribution in [3.05, 3.63) is 35.4 Å². The summed E-state index contributed by atoms with van der Waals surface area (Å²) in [6.07, 6.45) is 78.7. The van der Waals surface area contributed by atoms with Crippen molar-refractivity contribution in [2.24, 2.45) is 0 Å². The Morgan fingerprint density at radius 2 is 0.435 bits per heavy atom. The van der Waals surface area contributed by atoms with Crippen LogP contribution in [0.5, 0.6) is 0 Å². The fourth-order valence-corrected chi connectivity index (χ4v) is 10.2. The Morgan fingerprint density at radius 3 is 0.661 bits per heavy atom. The fourth-order valence-electron chi connectivity index (χ4n) is 10.2. The molecule has 365 valence electrons. The third kappa shape index (κ3) is 45.8. The predicted molar refractivity (Wildman–Crippen MR) is 284 cm³/mol. The fraction of sp³-hybridized carbons (Fsp3) is 0.903. The van der Waals surface area contributed by atoms with Gasteiger partial charge in [0.25, 0.3) is 0 Å². The Kier molecular flexibility index (Phi) is 50.5. The molecule has 0 aliphatic heterocycles. The molecule has 0 heterocycles. The molecule has 1 aromatic carbocycles. The van der Waals surface area contributed by atoms with Crippen LogP contribution in [0.1, 0.15) is 359 Å². The van der Waals surface area contributed by atoms with Crippen LogP contribution in [-0.2, 0) is 12.8 Å². The Bertz CT molecular complexity index is 855. The first-order valence-electron chi connectivity index (χ1n) is 29.9. The molecule has 1 rings (SSSR count). The standard InChI is InChI=1S/C62H117/c1-3-5-7-9-11-13-15-17-19-21-23-25-27-29-31-33-35-37-39-41-43-45-47-49-51-53-57-61-59-55-56-60-62(61)58-54-52-50-48-46-44-42-40-38-36-34-32-30-28-26-24-22-20-18-16-14-12-10-8-6-4-2/h55-56,59H,3-54,57-58H2,1-2H3. The van der Waals surface area contributed by atoms with Gasteiger partial charge in [-0.2, -0.15) is 0 Å². The number of hydrogen-bond donors (Lipinski definition) is 0. The molecule has 0 saturated heterocycles. The molecule has 0 spiro atoms. The van der Waals surface area contributed by atoms with Crippen LogP contribution in [0.4, 0.5) is 0 Å². The van der Waals surface area contributed by atoms with Gasteiger partial charge in [0.1, 0.15) is 0 Å². The third-order valence-corrected chi connectivity index (χ3v) is 14.6. The first kappa shape index (κ1) is 59.2. The molecule has 0 aromatic heterocycles. The van der Waals surface area contributed by atoms with Crippen LogP contribution in [0.3, 0.4) is 0 Å². The highest BCUT2D eigenvalue weighted by Crippen LogP contribution is 2.20. The summed E-state index contributed by atoms with van der Waals surface area (Å²) in [6, 6.07) is 10.4. The molecule has 1 radical (unpaired) electrons. The molecule has 0 atom stereocenters. The van der Waals surface area contributed by atoms with E-state index in [9.17, 15) is 0 Å². The third-order valence-electron chi connectivity index (χ3n) is 14.6. The lowest BCUT2D eigenvalue weighted by molar-refractivity contribution is 0.515. The Hall–Kier alpha value is -0.780. The van der Waals surface area contributed by atoms with Crippen molar-refractivity contribution in [1.29, 1.82) is 0 Å². The van der Waals surface area contributed by atoms with E-state index in [2.05, 4.69) is 38.1 Å². The maximum absolute atomic E-state index is 3.63. The number of unbranched alkanes of at least 4 members (excludes halogenated alkanes) is 50. The normalized spacial score (nSPS) is 11.6. The van der Waals surface area contributed by atoms with Crippen molar-refractivity contribution in [2.75, 3.05) is 0 Å². The van der Waals surface area contributed by atoms with E-state index in [1.807, 2.05) is 0 Å². The lowest BCUT2D eigenvalue weighted by Crippen LogP contribution is -1.96. The van der Waals surface area contributed by atoms with Gasteiger partial charge >= 0.3 is 0 Å². The highest BCUT2D eigenvalue weighted by molar-refractivity contribution is 5.26. The summed E-state index contributed by atoms with van der Waals surface area (Å²) in [6.45, 7) is 4.63. The monoisotopic (exact) mass is 862 g/mol. The molecule has 1 aromatic rings. The second kappa shape index (κ2) is 52.8. The highest BCUT2D eigenvalue weighted by Gasteiger charge is 2.04. The Balaban J connectivity index is 1.78. The largest absolute Gasteiger partial charge is 0.0654 e. The zero-order valence-electron chi connectivity index (χ0n) is 43.4. The molecule has 0 fully saturated rings. The predicted octanol–water partition coefficient (Wildman–Crippen LogP) is 22.9. The average Bonchev–Trinajstić information content (AvgIpc) is 3.29. The summed E-state index contributed by atoms with van der Waals surface area (Å²) in [5.74, 6) is 0. The van der Waals surface area contributed by atoms with Crippen LogP contribution in [0.25, 0.3) is 0 Å². The average molecular weight is 863 g/mol. The minimum absolute atomic E-state index is 1.25. The van der Waals surface area contributed by atoms with E-state index in [4.69, 9.17) is 0 Å². The van der Waals surface area contributed by atoms with Gasteiger partial charge in [-0.25, -0.2) is 0 Å². The second-order valence-electron chi connectivity index (χ2n) is 20.9. The van der Waals surface area contributed by atoms with E-state index in [0.29, 0.717) is 0 Å². The summed E-state index contributed by atoms with van der Waals surface area (Å²) < 4.78 is 0. The summed E-state index contributed by atoms with van der Waals surface area (Å²) in [7, 11) is 0. The molecular formula is C62H117. The van der Waals surface area contributed by atoms with Crippen LogP contribution in [0.15, 0.2) is 18.2 Å². The van der Waals surface area contributed by atoms with Gasteiger partial charge in [0.05, 0.1) is 0 Å². The molecule has 0 nitrogen and oxygen atoms in total. The molecule has 0 unspecified atom stereocenters. The van der Waals surface area contributed by atoms with Crippen LogP contribution >= 0.6 is 0 Å². The summed E-state index contributed by atoms with van der Waals surface area (Å²) >= 11 is 0. The lowest BCUT2D eigenvalue weighted by atomic mass is 9.96. The van der Waals surface area contributed by atoms with Crippen molar-refractivity contribution in [2.45, 2.75) is 361 Å². The molecule has 0 N–H and O–H groups in total. The van der Waals surface area contributed by atoms with Crippen molar-refractivity contribution in [1.82, 2.24) is 0 Å². The van der Waals surface area contributed by atoms with Crippen molar-refractivity contribution < 1.29 is 0 Å². The quantitative estimate of drug-likeness (QED) is 0.0573. The summed E-state index contributed by atoms with van der Waals surface area (Å²) in [5.41, 5.74) is 3.12. The summed E-state index contributed by atoms with van der Waals surface area (Å²) in [4.78, 5) is 0. The maximum Gasteiger partial charge on any atom is -0.0146 e. The van der Waals surface area contributed by atoms with Gasteiger partial charge in [-0.05, 0) is 42.9 Å². The molecule has 0 heteroatoms. The first-order chi connectivity index (χ1) is 30.9. The van der Waals surface area contributed by atoms with Crippen LogP contribution in [0.2, 0.25) is 0 Å². The van der Waals surface area contributed by atoms with Gasteiger partial charge in [0, 0.05) is 0 Å². The van der Waals surface area contributed by atoms with E-state index in [0.717, 1.165) is 0 Å². The van der Waals surface area contributed by atoms with Crippen molar-refractivity contribution >= 4 is 0 Å². The van der Waals surface area contributed by atoms with Crippen LogP contribution in [0, 0.1) is 6.07 Å². The van der Waals surface area contributed by atoms with Crippen molar-refractivity contribution in [3.8, 4) is 0 Å². The zero-order chi connectivity index (χ0) is 44.2. The molecule has 0 aliphatic rings. The summed E-state index contributed by atoms with van der Waals surface area (Å²) in [5, 5.41) is 0. The van der Waals surface area contributed by atoms with Crippen LogP contribution in [-0.4, -0.2) is 0 Å². The van der Waals surface area contributed by atoms with Gasteiger partial charge < -0.3 is 0 Å². The number of benzene rings is 1. The topological polar surface area (TPSA) is 0 Å². The lowest BCUT2D eigenvalue weighted by Gasteiger charge is -2.09. The maximum atomic E-state index is 3.63. The molecule has 0 amide bonds. The van der Waals surface area contributed by atoms with Crippen molar-refractivity contribution in [3.63, 3.8) is 0 Å². The van der Waals surface area contributed by atoms with Gasteiger partial charge in [0.15, 0.2) is 0 Å². The Morgan fingerprint density at radius 1 is 0.242 bits per heavy atom. The molecule has 0 saturated carbocycles. The van der Waals surface area contributed by atoms with Gasteiger partial charge in [-0.1, -0.05) is 353 Å². The zero-order valence-corrected chi connectivity index (χ0v) is 43.4. The minimum atomic E-state index is 1.25. The van der Waals surface area contributed by atoms with Crippen LogP contribution < -0.4 is 0 Å². The van der Waals surface area contributed by atoms with E-state index in [-0.39, 0.29) is 0 Å². The SMILES string of the molecule is CCCCCCCCCCCCCCCCCCCCCCCCCCCCc1[c]cccc1CCCCCCCCCCCCCCCCCCCCCCCCCCCC. The van der Waals surface area contributed by atoms with Gasteiger partial charge in [0.2, 0.25) is 0 Å². The van der Waals surface area contributed by atoms with E-state index in [1.165, 1.54) is 352 Å². The molecular weight excluding hydrogens is 745 g/mol. The smallest absolute Gasteiger partial charge is 0.0146 e. The van der Waals surface area contributed by atoms with E-state index >= 15 is 0 Å². The number of hydrogen-bond acceptors (Lipinski definition) is 0. The number of aryl methyl sites for hydroxylation is 2. The number of rotatable bonds is 54. The van der Waals surface area contributed by atoms with Gasteiger partial charge in [-0.15, -0.1) is 0 Å². The molecule has 0 aliphatic carbocycles. The van der Waals surface area contributed by atoms with E-state index in [1.54, 1.807) is 5.56 Å². The van der Waals surface area contributed by atoms with Gasteiger partial charge in [-0.3, -0.25) is 0 Å². The second-order valence-corrected chi connectivity index (χ2v) is 20.9.